The number of amides is 1. The quantitative estimate of drug-likeness (QED) is 0.729. The van der Waals surface area contributed by atoms with E-state index in [4.69, 9.17) is 4.74 Å². The Bertz CT molecular complexity index is 836. The molecule has 0 fully saturated rings. The molecule has 3 rings (SSSR count). The van der Waals surface area contributed by atoms with E-state index in [1.165, 1.54) is 0 Å². The number of benzene rings is 1. The zero-order valence-corrected chi connectivity index (χ0v) is 16.9. The predicted molar refractivity (Wildman–Crippen MR) is 117 cm³/mol. The van der Waals surface area contributed by atoms with Gasteiger partial charge in [-0.15, -0.1) is 24.8 Å². The van der Waals surface area contributed by atoms with Crippen LogP contribution in [0.3, 0.4) is 0 Å². The van der Waals surface area contributed by atoms with Gasteiger partial charge in [0, 0.05) is 18.9 Å². The van der Waals surface area contributed by atoms with Crippen molar-refractivity contribution in [1.82, 2.24) is 15.2 Å². The molecule has 0 saturated heterocycles. The van der Waals surface area contributed by atoms with Crippen molar-refractivity contribution < 1.29 is 9.53 Å². The number of nitrogens with one attached hydrogen (secondary N) is 1. The van der Waals surface area contributed by atoms with E-state index in [1.807, 2.05) is 53.6 Å². The molecule has 28 heavy (non-hydrogen) atoms. The molecule has 2 aromatic rings. The van der Waals surface area contributed by atoms with E-state index < -0.39 is 0 Å². The molecule has 1 aromatic heterocycles. The van der Waals surface area contributed by atoms with Gasteiger partial charge < -0.3 is 15.0 Å². The van der Waals surface area contributed by atoms with Gasteiger partial charge in [-0.1, -0.05) is 49.1 Å². The van der Waals surface area contributed by atoms with Crippen LogP contribution in [0.4, 0.5) is 0 Å². The summed E-state index contributed by atoms with van der Waals surface area (Å²) in [6.45, 7) is 5.28. The van der Waals surface area contributed by atoms with E-state index in [2.05, 4.69) is 16.9 Å². The van der Waals surface area contributed by atoms with Crippen molar-refractivity contribution in [2.45, 2.75) is 6.61 Å². The summed E-state index contributed by atoms with van der Waals surface area (Å²) in [6.07, 6.45) is 11.3. The SMILES string of the molecule is C=Cc1ccc(COc2ncccc2C(=O)NCN2C=CC=CC2)cc1.Cl.Cl. The maximum absolute atomic E-state index is 12.5. The average Bonchev–Trinajstić information content (AvgIpc) is 2.72. The molecular formula is C21H23Cl2N3O2. The topological polar surface area (TPSA) is 54.5 Å². The Morgan fingerprint density at radius 3 is 2.68 bits per heavy atom. The number of ether oxygens (including phenoxy) is 1. The molecule has 2 heterocycles. The highest BCUT2D eigenvalue weighted by Crippen LogP contribution is 2.16. The third-order valence-electron chi connectivity index (χ3n) is 3.93. The van der Waals surface area contributed by atoms with E-state index in [0.717, 1.165) is 17.7 Å². The predicted octanol–water partition coefficient (Wildman–Crippen LogP) is 4.22. The lowest BCUT2D eigenvalue weighted by Gasteiger charge is -2.21. The van der Waals surface area contributed by atoms with Crippen molar-refractivity contribution >= 4 is 36.8 Å². The van der Waals surface area contributed by atoms with Crippen LogP contribution in [0.2, 0.25) is 0 Å². The van der Waals surface area contributed by atoms with Gasteiger partial charge in [-0.05, 0) is 29.3 Å². The average molecular weight is 420 g/mol. The first kappa shape index (κ1) is 23.3. The molecule has 0 atom stereocenters. The fourth-order valence-corrected chi connectivity index (χ4v) is 2.47. The molecule has 1 N–H and O–H groups in total. The van der Waals surface area contributed by atoms with Gasteiger partial charge in [-0.2, -0.15) is 0 Å². The Morgan fingerprint density at radius 2 is 2.00 bits per heavy atom. The first-order valence-electron chi connectivity index (χ1n) is 8.41. The second kappa shape index (κ2) is 11.8. The molecule has 1 aliphatic rings. The minimum absolute atomic E-state index is 0. The Kier molecular flexibility index (Phi) is 9.85. The summed E-state index contributed by atoms with van der Waals surface area (Å²) in [6, 6.07) is 11.3. The van der Waals surface area contributed by atoms with Crippen LogP contribution in [0, 0.1) is 0 Å². The first-order chi connectivity index (χ1) is 12.8. The smallest absolute Gasteiger partial charge is 0.258 e. The molecule has 0 bridgehead atoms. The molecule has 1 aromatic carbocycles. The summed E-state index contributed by atoms with van der Waals surface area (Å²) < 4.78 is 5.77. The van der Waals surface area contributed by atoms with Gasteiger partial charge in [0.2, 0.25) is 5.88 Å². The largest absolute Gasteiger partial charge is 0.472 e. The lowest BCUT2D eigenvalue weighted by Crippen LogP contribution is -2.35. The van der Waals surface area contributed by atoms with Gasteiger partial charge in [0.1, 0.15) is 12.2 Å². The molecule has 0 radical (unpaired) electrons. The summed E-state index contributed by atoms with van der Waals surface area (Å²) in [5, 5.41) is 2.89. The van der Waals surface area contributed by atoms with E-state index in [9.17, 15) is 4.79 Å². The van der Waals surface area contributed by atoms with E-state index in [0.29, 0.717) is 24.7 Å². The Labute approximate surface area is 177 Å². The van der Waals surface area contributed by atoms with Crippen LogP contribution in [-0.4, -0.2) is 29.0 Å². The molecule has 1 aliphatic heterocycles. The summed E-state index contributed by atoms with van der Waals surface area (Å²) in [4.78, 5) is 18.7. The summed E-state index contributed by atoms with van der Waals surface area (Å²) in [7, 11) is 0. The number of hydrogen-bond donors (Lipinski definition) is 1. The fraction of sp³-hybridized carbons (Fsp3) is 0.143. The standard InChI is InChI=1S/C21H21N3O2.2ClH/c1-2-17-8-10-18(11-9-17)15-26-21-19(7-6-12-22-21)20(25)23-16-24-13-4-3-5-14-24;;/h2-13H,1,14-16H2,(H,23,25);2*1H. The second-order valence-corrected chi connectivity index (χ2v) is 5.80. The zero-order chi connectivity index (χ0) is 18.2. The third kappa shape index (κ3) is 6.44. The fourth-order valence-electron chi connectivity index (χ4n) is 2.47. The Hall–Kier alpha value is -2.76. The van der Waals surface area contributed by atoms with Crippen molar-refractivity contribution in [1.29, 1.82) is 0 Å². The molecule has 0 saturated carbocycles. The zero-order valence-electron chi connectivity index (χ0n) is 15.3. The molecule has 0 spiro atoms. The normalized spacial score (nSPS) is 11.8. The van der Waals surface area contributed by atoms with Crippen LogP contribution in [0.15, 0.2) is 73.6 Å². The molecule has 5 nitrogen and oxygen atoms in total. The van der Waals surface area contributed by atoms with Crippen LogP contribution in [0.25, 0.3) is 6.08 Å². The van der Waals surface area contributed by atoms with E-state index in [-0.39, 0.29) is 30.7 Å². The molecule has 1 amide bonds. The molecule has 7 heteroatoms. The van der Waals surface area contributed by atoms with Crippen LogP contribution in [-0.2, 0) is 6.61 Å². The van der Waals surface area contributed by atoms with Crippen molar-refractivity contribution in [3.8, 4) is 5.88 Å². The summed E-state index contributed by atoms with van der Waals surface area (Å²) in [5.41, 5.74) is 2.47. The Balaban J connectivity index is 0.00000196. The van der Waals surface area contributed by atoms with Gasteiger partial charge >= 0.3 is 0 Å². The number of nitrogens with zero attached hydrogens (tertiary/aromatic N) is 2. The van der Waals surface area contributed by atoms with Crippen LogP contribution >= 0.6 is 24.8 Å². The van der Waals surface area contributed by atoms with Gasteiger partial charge in [0.05, 0.1) is 6.67 Å². The molecular weight excluding hydrogens is 397 g/mol. The number of pyridine rings is 1. The highest BCUT2D eigenvalue weighted by atomic mass is 35.5. The number of hydrogen-bond acceptors (Lipinski definition) is 4. The van der Waals surface area contributed by atoms with Crippen LogP contribution < -0.4 is 10.1 Å². The summed E-state index contributed by atoms with van der Waals surface area (Å²) in [5.74, 6) is 0.116. The lowest BCUT2D eigenvalue weighted by molar-refractivity contribution is 0.0931. The lowest BCUT2D eigenvalue weighted by atomic mass is 10.1. The second-order valence-electron chi connectivity index (χ2n) is 5.80. The van der Waals surface area contributed by atoms with Crippen molar-refractivity contribution in [2.75, 3.05) is 13.2 Å². The molecule has 0 unspecified atom stereocenters. The molecule has 148 valence electrons. The van der Waals surface area contributed by atoms with Gasteiger partial charge in [-0.3, -0.25) is 4.79 Å². The van der Waals surface area contributed by atoms with Gasteiger partial charge in [0.15, 0.2) is 0 Å². The number of allylic oxidation sites excluding steroid dienone is 2. The monoisotopic (exact) mass is 419 g/mol. The number of carbonyl (C=O) groups excluding carboxylic acids is 1. The summed E-state index contributed by atoms with van der Waals surface area (Å²) >= 11 is 0. The highest BCUT2D eigenvalue weighted by molar-refractivity contribution is 5.96. The van der Waals surface area contributed by atoms with E-state index >= 15 is 0 Å². The number of halogens is 2. The van der Waals surface area contributed by atoms with Gasteiger partial charge in [-0.25, -0.2) is 4.98 Å². The number of rotatable bonds is 7. The third-order valence-corrected chi connectivity index (χ3v) is 3.93. The minimum Gasteiger partial charge on any atom is -0.472 e. The maximum atomic E-state index is 12.5. The molecule has 0 aliphatic carbocycles. The van der Waals surface area contributed by atoms with Crippen molar-refractivity contribution in [3.63, 3.8) is 0 Å². The van der Waals surface area contributed by atoms with Crippen molar-refractivity contribution in [2.24, 2.45) is 0 Å². The van der Waals surface area contributed by atoms with Crippen LogP contribution in [0.5, 0.6) is 5.88 Å². The van der Waals surface area contributed by atoms with E-state index in [1.54, 1.807) is 24.4 Å². The number of aromatic nitrogens is 1. The minimum atomic E-state index is -0.210. The Morgan fingerprint density at radius 1 is 1.21 bits per heavy atom. The van der Waals surface area contributed by atoms with Gasteiger partial charge in [0.25, 0.3) is 5.91 Å². The maximum Gasteiger partial charge on any atom is 0.258 e. The highest BCUT2D eigenvalue weighted by Gasteiger charge is 2.14. The first-order valence-corrected chi connectivity index (χ1v) is 8.41. The van der Waals surface area contributed by atoms with Crippen LogP contribution in [0.1, 0.15) is 21.5 Å². The van der Waals surface area contributed by atoms with Crippen molar-refractivity contribution in [3.05, 3.63) is 90.3 Å². The number of carbonyl (C=O) groups is 1.